The standard InChI is InChI=1S/C39H35FO6/c1-5-25(3)43-33-14-7-27(23-34(33)44-26(4)17-19-38-20-18-35(38)39(38)21-22-39)8-16-37(42)46-32-15-11-29(24-31(32)40)28-9-12-30(13-10-28)45-36(41)6-2/h5-7,9-15,17,19,23-24,35H,1-4,8,16,18,20-22H2/b19-17+. The summed E-state index contributed by atoms with van der Waals surface area (Å²) < 4.78 is 37.2. The average Bonchev–Trinajstić information content (AvgIpc) is 3.89. The lowest BCUT2D eigenvalue weighted by Crippen LogP contribution is -2.11. The molecule has 6 nitrogen and oxygen atoms in total. The van der Waals surface area contributed by atoms with Crippen LogP contribution < -0.4 is 18.9 Å². The van der Waals surface area contributed by atoms with Crippen molar-refractivity contribution in [2.45, 2.75) is 38.5 Å². The molecule has 234 valence electrons. The molecule has 0 bridgehead atoms. The number of carbonyl (C=O) groups excluding carboxylic acids is 2. The SMILES string of the molecule is C=CC(=C)Oc1ccc(CCC(=O)Oc2ccc(-c3ccc(OC(=O)C=C)cc3)cc2F)cc1OC(=C)/C=C/C12CCC1C21CC1. The number of carbonyl (C=O) groups is 2. The Morgan fingerprint density at radius 1 is 0.804 bits per heavy atom. The molecule has 3 saturated carbocycles. The fourth-order valence-electron chi connectivity index (χ4n) is 6.76. The number of rotatable bonds is 14. The second kappa shape index (κ2) is 12.3. The van der Waals surface area contributed by atoms with Crippen molar-refractivity contribution in [1.82, 2.24) is 0 Å². The van der Waals surface area contributed by atoms with E-state index in [9.17, 15) is 14.0 Å². The highest BCUT2D eigenvalue weighted by atomic mass is 19.1. The van der Waals surface area contributed by atoms with Crippen LogP contribution in [0.2, 0.25) is 0 Å². The molecule has 7 heteroatoms. The van der Waals surface area contributed by atoms with Gasteiger partial charge in [0.15, 0.2) is 23.1 Å². The Labute approximate surface area is 268 Å². The molecule has 0 radical (unpaired) electrons. The summed E-state index contributed by atoms with van der Waals surface area (Å²) in [7, 11) is 0. The molecule has 0 saturated heterocycles. The molecule has 0 aromatic heterocycles. The largest absolute Gasteiger partial charge is 0.454 e. The van der Waals surface area contributed by atoms with E-state index in [2.05, 4.69) is 32.4 Å². The average molecular weight is 619 g/mol. The van der Waals surface area contributed by atoms with E-state index in [0.29, 0.717) is 57.1 Å². The number of benzene rings is 3. The quantitative estimate of drug-likeness (QED) is 0.0591. The Morgan fingerprint density at radius 2 is 1.52 bits per heavy atom. The molecule has 6 rings (SSSR count). The molecule has 2 unspecified atom stereocenters. The number of aryl methyl sites for hydroxylation is 1. The third-order valence-corrected chi connectivity index (χ3v) is 9.40. The second-order valence-electron chi connectivity index (χ2n) is 12.0. The first-order chi connectivity index (χ1) is 22.2. The van der Waals surface area contributed by atoms with Gasteiger partial charge in [-0.15, -0.1) is 0 Å². The van der Waals surface area contributed by atoms with Gasteiger partial charge in [-0.1, -0.05) is 56.7 Å². The molecule has 3 aliphatic rings. The Morgan fingerprint density at radius 3 is 2.15 bits per heavy atom. The minimum atomic E-state index is -0.675. The molecule has 0 N–H and O–H groups in total. The number of halogens is 1. The zero-order valence-corrected chi connectivity index (χ0v) is 25.6. The number of esters is 2. The molecule has 0 heterocycles. The second-order valence-corrected chi connectivity index (χ2v) is 12.0. The molecule has 2 atom stereocenters. The highest BCUT2D eigenvalue weighted by Crippen LogP contribution is 2.91. The first-order valence-electron chi connectivity index (χ1n) is 15.3. The summed E-state index contributed by atoms with van der Waals surface area (Å²) in [6, 6.07) is 16.3. The minimum Gasteiger partial charge on any atom is -0.454 e. The first kappa shape index (κ1) is 30.8. The summed E-state index contributed by atoms with van der Waals surface area (Å²) >= 11 is 0. The van der Waals surface area contributed by atoms with Crippen LogP contribution >= 0.6 is 0 Å². The lowest BCUT2D eigenvalue weighted by atomic mass is 9.84. The first-order valence-corrected chi connectivity index (χ1v) is 15.3. The topological polar surface area (TPSA) is 71.1 Å². The summed E-state index contributed by atoms with van der Waals surface area (Å²) in [6.45, 7) is 15.0. The van der Waals surface area contributed by atoms with E-state index in [1.807, 2.05) is 12.1 Å². The lowest BCUT2D eigenvalue weighted by molar-refractivity contribution is -0.134. The molecule has 0 aliphatic heterocycles. The summed E-state index contributed by atoms with van der Waals surface area (Å²) in [5.74, 6) is 0.931. The highest BCUT2D eigenvalue weighted by Gasteiger charge is 2.84. The summed E-state index contributed by atoms with van der Waals surface area (Å²) in [4.78, 5) is 24.1. The summed E-state index contributed by atoms with van der Waals surface area (Å²) in [5.41, 5.74) is 2.96. The Bertz CT molecular complexity index is 1780. The van der Waals surface area contributed by atoms with Crippen molar-refractivity contribution in [3.05, 3.63) is 134 Å². The predicted octanol–water partition coefficient (Wildman–Crippen LogP) is 8.84. The fraction of sp³-hybridized carbons (Fsp3) is 0.231. The molecule has 3 aromatic rings. The molecule has 3 aromatic carbocycles. The van der Waals surface area contributed by atoms with Crippen LogP contribution in [0.3, 0.4) is 0 Å². The van der Waals surface area contributed by atoms with Gasteiger partial charge in [-0.25, -0.2) is 9.18 Å². The van der Waals surface area contributed by atoms with E-state index in [-0.39, 0.29) is 12.2 Å². The Balaban J connectivity index is 1.07. The van der Waals surface area contributed by atoms with Gasteiger partial charge in [0.05, 0.1) is 0 Å². The van der Waals surface area contributed by atoms with Crippen molar-refractivity contribution >= 4 is 11.9 Å². The van der Waals surface area contributed by atoms with Crippen molar-refractivity contribution in [1.29, 1.82) is 0 Å². The van der Waals surface area contributed by atoms with E-state index in [0.717, 1.165) is 17.6 Å². The third-order valence-electron chi connectivity index (χ3n) is 9.40. The van der Waals surface area contributed by atoms with E-state index >= 15 is 0 Å². The van der Waals surface area contributed by atoms with Gasteiger partial charge in [-0.2, -0.15) is 0 Å². The third kappa shape index (κ3) is 6.05. The zero-order valence-electron chi connectivity index (χ0n) is 25.6. The van der Waals surface area contributed by atoms with Crippen LogP contribution in [0, 0.1) is 22.6 Å². The maximum absolute atomic E-state index is 14.9. The predicted molar refractivity (Wildman–Crippen MR) is 174 cm³/mol. The molecule has 0 amide bonds. The monoisotopic (exact) mass is 618 g/mol. The lowest BCUT2D eigenvalue weighted by Gasteiger charge is -2.21. The van der Waals surface area contributed by atoms with Gasteiger partial charge < -0.3 is 18.9 Å². The van der Waals surface area contributed by atoms with Crippen LogP contribution in [0.4, 0.5) is 4.39 Å². The maximum atomic E-state index is 14.9. The summed E-state index contributed by atoms with van der Waals surface area (Å²) in [6.07, 6.45) is 12.4. The van der Waals surface area contributed by atoms with Gasteiger partial charge in [-0.05, 0) is 114 Å². The van der Waals surface area contributed by atoms with Crippen LogP contribution in [0.5, 0.6) is 23.0 Å². The van der Waals surface area contributed by atoms with Crippen LogP contribution in [0.15, 0.2) is 123 Å². The fourth-order valence-corrected chi connectivity index (χ4v) is 6.76. The van der Waals surface area contributed by atoms with Crippen LogP contribution in [-0.4, -0.2) is 11.9 Å². The number of hydrogen-bond donors (Lipinski definition) is 0. The van der Waals surface area contributed by atoms with Crippen molar-refractivity contribution in [3.8, 4) is 34.1 Å². The molecule has 3 aliphatic carbocycles. The van der Waals surface area contributed by atoms with E-state index in [1.165, 1.54) is 43.9 Å². The van der Waals surface area contributed by atoms with Crippen molar-refractivity contribution in [2.75, 3.05) is 0 Å². The van der Waals surface area contributed by atoms with Crippen LogP contribution in [0.25, 0.3) is 11.1 Å². The smallest absolute Gasteiger partial charge is 0.335 e. The maximum Gasteiger partial charge on any atom is 0.335 e. The summed E-state index contributed by atoms with van der Waals surface area (Å²) in [5, 5.41) is 0. The zero-order chi connectivity index (χ0) is 32.5. The van der Waals surface area contributed by atoms with E-state index in [4.69, 9.17) is 18.9 Å². The number of allylic oxidation sites excluding steroid dienone is 3. The van der Waals surface area contributed by atoms with Gasteiger partial charge in [0.25, 0.3) is 0 Å². The van der Waals surface area contributed by atoms with Crippen LogP contribution in [-0.2, 0) is 16.0 Å². The van der Waals surface area contributed by atoms with Crippen molar-refractivity contribution < 1.29 is 32.9 Å². The molecule has 46 heavy (non-hydrogen) atoms. The van der Waals surface area contributed by atoms with Gasteiger partial charge in [0, 0.05) is 12.5 Å². The molecule has 1 spiro atoms. The molecular formula is C39H35FO6. The van der Waals surface area contributed by atoms with Gasteiger partial charge in [0.1, 0.15) is 17.3 Å². The normalized spacial score (nSPS) is 19.7. The number of hydrogen-bond acceptors (Lipinski definition) is 6. The van der Waals surface area contributed by atoms with Crippen molar-refractivity contribution in [3.63, 3.8) is 0 Å². The Hall–Kier alpha value is -5.17. The highest BCUT2D eigenvalue weighted by molar-refractivity contribution is 5.83. The number of fused-ring (bicyclic) bond motifs is 3. The van der Waals surface area contributed by atoms with Gasteiger partial charge in [0.2, 0.25) is 0 Å². The van der Waals surface area contributed by atoms with Gasteiger partial charge >= 0.3 is 11.9 Å². The Kier molecular flexibility index (Phi) is 8.26. The van der Waals surface area contributed by atoms with Crippen molar-refractivity contribution in [2.24, 2.45) is 16.7 Å². The van der Waals surface area contributed by atoms with E-state index < -0.39 is 17.8 Å². The molecular weight excluding hydrogens is 583 g/mol. The number of ether oxygens (including phenoxy) is 4. The van der Waals surface area contributed by atoms with Crippen LogP contribution in [0.1, 0.15) is 37.7 Å². The minimum absolute atomic E-state index is 0.0118. The molecule has 3 fully saturated rings. The van der Waals surface area contributed by atoms with Gasteiger partial charge in [-0.3, -0.25) is 4.79 Å². The van der Waals surface area contributed by atoms with E-state index in [1.54, 1.807) is 42.5 Å².